The third kappa shape index (κ3) is 4.01. The lowest BCUT2D eigenvalue weighted by Crippen LogP contribution is -2.49. The van der Waals surface area contributed by atoms with Crippen LogP contribution < -0.4 is 5.32 Å². The van der Waals surface area contributed by atoms with E-state index in [1.165, 1.54) is 0 Å². The second kappa shape index (κ2) is 5.44. The molecule has 96 valence electrons. The summed E-state index contributed by atoms with van der Waals surface area (Å²) in [5.74, 6) is 0.173. The molecule has 6 heteroatoms. The average molecular weight is 250 g/mol. The van der Waals surface area contributed by atoms with Crippen LogP contribution in [-0.2, 0) is 14.8 Å². The Morgan fingerprint density at radius 1 is 1.44 bits per heavy atom. The van der Waals surface area contributed by atoms with Gasteiger partial charge in [0, 0.05) is 33.3 Å². The molecule has 0 spiro atoms. The van der Waals surface area contributed by atoms with Gasteiger partial charge in [0.05, 0.1) is 12.4 Å². The molecule has 1 rings (SSSR count). The predicted molar refractivity (Wildman–Crippen MR) is 63.9 cm³/mol. The SMILES string of the molecule is COCCN1CC(C)(C)CNCCS1(=O)=O. The standard InChI is InChI=1S/C10H22N2O3S/c1-10(2)8-11-4-7-16(13,14)12(9-10)5-6-15-3/h11H,4-9H2,1-3H3. The van der Waals surface area contributed by atoms with E-state index in [1.54, 1.807) is 11.4 Å². The first-order chi connectivity index (χ1) is 7.37. The first-order valence-corrected chi connectivity index (χ1v) is 7.16. The van der Waals surface area contributed by atoms with Crippen LogP contribution in [0.4, 0.5) is 0 Å². The lowest BCUT2D eigenvalue weighted by molar-refractivity contribution is 0.159. The van der Waals surface area contributed by atoms with Crippen LogP contribution in [0.25, 0.3) is 0 Å². The van der Waals surface area contributed by atoms with Crippen LogP contribution in [-0.4, -0.2) is 58.4 Å². The van der Waals surface area contributed by atoms with Gasteiger partial charge in [-0.1, -0.05) is 13.8 Å². The summed E-state index contributed by atoms with van der Waals surface area (Å²) < 4.78 is 30.5. The van der Waals surface area contributed by atoms with Crippen LogP contribution in [0.15, 0.2) is 0 Å². The zero-order valence-corrected chi connectivity index (χ0v) is 11.1. The molecule has 1 saturated heterocycles. The molecule has 5 nitrogen and oxygen atoms in total. The Morgan fingerprint density at radius 2 is 2.12 bits per heavy atom. The van der Waals surface area contributed by atoms with E-state index in [1.807, 2.05) is 0 Å². The molecule has 0 saturated carbocycles. The fourth-order valence-electron chi connectivity index (χ4n) is 1.80. The minimum absolute atomic E-state index is 0.0404. The molecule has 1 aliphatic rings. The minimum atomic E-state index is -3.14. The summed E-state index contributed by atoms with van der Waals surface area (Å²) in [6.07, 6.45) is 0. The van der Waals surface area contributed by atoms with E-state index in [2.05, 4.69) is 19.2 Å². The van der Waals surface area contributed by atoms with Gasteiger partial charge in [-0.3, -0.25) is 0 Å². The van der Waals surface area contributed by atoms with Crippen molar-refractivity contribution in [3.63, 3.8) is 0 Å². The second-order valence-corrected chi connectivity index (χ2v) is 7.07. The molecule has 1 N–H and O–H groups in total. The first-order valence-electron chi connectivity index (χ1n) is 5.55. The Balaban J connectivity index is 2.77. The Bertz CT molecular complexity index is 314. The molecule has 1 heterocycles. The molecule has 16 heavy (non-hydrogen) atoms. The molecule has 0 aromatic rings. The molecular weight excluding hydrogens is 228 g/mol. The van der Waals surface area contributed by atoms with Gasteiger partial charge < -0.3 is 10.1 Å². The van der Waals surface area contributed by atoms with Gasteiger partial charge in [-0.25, -0.2) is 8.42 Å². The van der Waals surface area contributed by atoms with Crippen molar-refractivity contribution in [3.8, 4) is 0 Å². The summed E-state index contributed by atoms with van der Waals surface area (Å²) in [6.45, 7) is 6.94. The number of sulfonamides is 1. The van der Waals surface area contributed by atoms with Crippen molar-refractivity contribution in [3.05, 3.63) is 0 Å². The molecule has 0 aromatic carbocycles. The normalized spacial score (nSPS) is 25.9. The summed E-state index contributed by atoms with van der Waals surface area (Å²) >= 11 is 0. The third-order valence-electron chi connectivity index (χ3n) is 2.68. The molecule has 1 aliphatic heterocycles. The molecular formula is C10H22N2O3S. The van der Waals surface area contributed by atoms with Crippen LogP contribution in [0.5, 0.6) is 0 Å². The summed E-state index contributed by atoms with van der Waals surface area (Å²) in [7, 11) is -1.55. The van der Waals surface area contributed by atoms with Crippen molar-refractivity contribution >= 4 is 10.0 Å². The quantitative estimate of drug-likeness (QED) is 0.759. The van der Waals surface area contributed by atoms with E-state index in [-0.39, 0.29) is 11.2 Å². The summed E-state index contributed by atoms with van der Waals surface area (Å²) in [6, 6.07) is 0. The molecule has 0 unspecified atom stereocenters. The van der Waals surface area contributed by atoms with E-state index in [0.717, 1.165) is 6.54 Å². The number of methoxy groups -OCH3 is 1. The van der Waals surface area contributed by atoms with Crippen molar-refractivity contribution in [2.75, 3.05) is 45.6 Å². The lowest BCUT2D eigenvalue weighted by Gasteiger charge is -2.34. The molecule has 1 fully saturated rings. The molecule has 0 radical (unpaired) electrons. The number of nitrogens with one attached hydrogen (secondary N) is 1. The number of ether oxygens (including phenoxy) is 1. The van der Waals surface area contributed by atoms with Crippen LogP contribution in [0.1, 0.15) is 13.8 Å². The second-order valence-electron chi connectivity index (χ2n) is 4.98. The molecule has 0 bridgehead atoms. The maximum atomic E-state index is 12.0. The van der Waals surface area contributed by atoms with Gasteiger partial charge >= 0.3 is 0 Å². The highest BCUT2D eigenvalue weighted by Gasteiger charge is 2.30. The van der Waals surface area contributed by atoms with Crippen LogP contribution in [0.3, 0.4) is 0 Å². The Hall–Kier alpha value is -0.170. The van der Waals surface area contributed by atoms with Crippen molar-refractivity contribution < 1.29 is 13.2 Å². The van der Waals surface area contributed by atoms with Crippen LogP contribution >= 0.6 is 0 Å². The highest BCUT2D eigenvalue weighted by atomic mass is 32.2. The molecule has 0 atom stereocenters. The Labute approximate surface area is 98.2 Å². The largest absolute Gasteiger partial charge is 0.383 e. The maximum absolute atomic E-state index is 12.0. The van der Waals surface area contributed by atoms with E-state index in [4.69, 9.17) is 4.74 Å². The van der Waals surface area contributed by atoms with E-state index >= 15 is 0 Å². The van der Waals surface area contributed by atoms with Crippen molar-refractivity contribution in [2.45, 2.75) is 13.8 Å². The van der Waals surface area contributed by atoms with Gasteiger partial charge in [-0.2, -0.15) is 4.31 Å². The topological polar surface area (TPSA) is 58.6 Å². The van der Waals surface area contributed by atoms with Crippen molar-refractivity contribution in [2.24, 2.45) is 5.41 Å². The zero-order chi connectivity index (χ0) is 12.2. The number of rotatable bonds is 3. The van der Waals surface area contributed by atoms with Gasteiger partial charge in [-0.05, 0) is 5.41 Å². The van der Waals surface area contributed by atoms with Gasteiger partial charge in [0.15, 0.2) is 0 Å². The zero-order valence-electron chi connectivity index (χ0n) is 10.3. The van der Waals surface area contributed by atoms with Crippen LogP contribution in [0, 0.1) is 5.41 Å². The molecule has 0 amide bonds. The first kappa shape index (κ1) is 13.9. The fourth-order valence-corrected chi connectivity index (χ4v) is 3.36. The number of hydrogen-bond acceptors (Lipinski definition) is 4. The lowest BCUT2D eigenvalue weighted by atomic mass is 9.93. The Morgan fingerprint density at radius 3 is 2.75 bits per heavy atom. The van der Waals surface area contributed by atoms with E-state index < -0.39 is 10.0 Å². The summed E-state index contributed by atoms with van der Waals surface area (Å²) in [4.78, 5) is 0. The molecule has 0 aliphatic carbocycles. The highest BCUT2D eigenvalue weighted by molar-refractivity contribution is 7.89. The monoisotopic (exact) mass is 250 g/mol. The predicted octanol–water partition coefficient (Wildman–Crippen LogP) is -0.106. The maximum Gasteiger partial charge on any atom is 0.215 e. The van der Waals surface area contributed by atoms with Crippen LogP contribution in [0.2, 0.25) is 0 Å². The van der Waals surface area contributed by atoms with E-state index in [0.29, 0.717) is 26.2 Å². The molecule has 0 aromatic heterocycles. The minimum Gasteiger partial charge on any atom is -0.383 e. The van der Waals surface area contributed by atoms with Gasteiger partial charge in [0.1, 0.15) is 0 Å². The van der Waals surface area contributed by atoms with E-state index in [9.17, 15) is 8.42 Å². The van der Waals surface area contributed by atoms with Crippen molar-refractivity contribution in [1.82, 2.24) is 9.62 Å². The Kier molecular flexibility index (Phi) is 4.73. The van der Waals surface area contributed by atoms with Crippen molar-refractivity contribution in [1.29, 1.82) is 0 Å². The van der Waals surface area contributed by atoms with Gasteiger partial charge in [0.2, 0.25) is 10.0 Å². The summed E-state index contributed by atoms with van der Waals surface area (Å²) in [5.41, 5.74) is -0.0404. The summed E-state index contributed by atoms with van der Waals surface area (Å²) in [5, 5.41) is 3.17. The number of nitrogens with zero attached hydrogens (tertiary/aromatic N) is 1. The van der Waals surface area contributed by atoms with Gasteiger partial charge in [-0.15, -0.1) is 0 Å². The highest BCUT2D eigenvalue weighted by Crippen LogP contribution is 2.19. The average Bonchev–Trinajstić information content (AvgIpc) is 2.18. The third-order valence-corrected chi connectivity index (χ3v) is 4.50. The smallest absolute Gasteiger partial charge is 0.215 e. The fraction of sp³-hybridized carbons (Fsp3) is 1.00. The van der Waals surface area contributed by atoms with Gasteiger partial charge in [0.25, 0.3) is 0 Å². The number of hydrogen-bond donors (Lipinski definition) is 1.